The molecule has 1 heterocycles. The smallest absolute Gasteiger partial charge is 0.251 e. The van der Waals surface area contributed by atoms with Gasteiger partial charge < -0.3 is 10.1 Å². The lowest BCUT2D eigenvalue weighted by molar-refractivity contribution is 0.0946. The Bertz CT molecular complexity index is 1130. The molecule has 1 N–H and O–H groups in total. The minimum Gasteiger partial charge on any atom is -0.475 e. The minimum atomic E-state index is -0.300. The lowest BCUT2D eigenvalue weighted by Crippen LogP contribution is -2.28. The molecule has 154 valence electrons. The van der Waals surface area contributed by atoms with Crippen LogP contribution in [0.5, 0.6) is 5.88 Å². The van der Waals surface area contributed by atoms with E-state index in [0.717, 1.165) is 16.7 Å². The zero-order chi connectivity index (χ0) is 21.5. The van der Waals surface area contributed by atoms with Crippen molar-refractivity contribution in [1.82, 2.24) is 15.5 Å². The van der Waals surface area contributed by atoms with Gasteiger partial charge >= 0.3 is 0 Å². The Balaban J connectivity index is 1.25. The van der Waals surface area contributed by atoms with Crippen molar-refractivity contribution in [1.29, 1.82) is 0 Å². The van der Waals surface area contributed by atoms with E-state index in [4.69, 9.17) is 4.74 Å². The number of carbonyl (C=O) groups excluding carboxylic acids is 1. The van der Waals surface area contributed by atoms with Gasteiger partial charge in [-0.2, -0.15) is 0 Å². The van der Waals surface area contributed by atoms with Crippen molar-refractivity contribution in [2.75, 3.05) is 13.2 Å². The molecule has 0 atom stereocenters. The van der Waals surface area contributed by atoms with Gasteiger partial charge in [0, 0.05) is 17.2 Å². The van der Waals surface area contributed by atoms with Crippen LogP contribution < -0.4 is 10.1 Å². The lowest BCUT2D eigenvalue weighted by Gasteiger charge is -2.08. The molecule has 1 amide bonds. The third-order valence-electron chi connectivity index (χ3n) is 4.67. The predicted octanol–water partition coefficient (Wildman–Crippen LogP) is 4.76. The van der Waals surface area contributed by atoms with Crippen molar-refractivity contribution >= 4 is 5.91 Å². The van der Waals surface area contributed by atoms with E-state index in [1.807, 2.05) is 42.5 Å². The fourth-order valence-corrected chi connectivity index (χ4v) is 3.04. The molecule has 0 saturated carbocycles. The molecule has 6 heteroatoms. The summed E-state index contributed by atoms with van der Waals surface area (Å²) in [6.07, 6.45) is 0. The number of halogens is 1. The number of amides is 1. The second kappa shape index (κ2) is 9.63. The van der Waals surface area contributed by atoms with Crippen LogP contribution in [-0.2, 0) is 0 Å². The number of rotatable bonds is 7. The van der Waals surface area contributed by atoms with Gasteiger partial charge in [-0.15, -0.1) is 10.2 Å². The highest BCUT2D eigenvalue weighted by Gasteiger charge is 2.06. The summed E-state index contributed by atoms with van der Waals surface area (Å²) in [5.74, 6) is -0.112. The molecule has 0 aliphatic rings. The van der Waals surface area contributed by atoms with Gasteiger partial charge in [0.2, 0.25) is 5.88 Å². The highest BCUT2D eigenvalue weighted by Crippen LogP contribution is 2.19. The standard InChI is InChI=1S/C25H20FN3O2/c26-22-12-10-20(11-13-22)23-14-15-24(29-28-23)31-17-16-27-25(30)21-8-6-19(7-9-21)18-4-2-1-3-5-18/h1-15H,16-17H2,(H,27,30). The molecule has 0 radical (unpaired) electrons. The van der Waals surface area contributed by atoms with Gasteiger partial charge in [0.25, 0.3) is 5.91 Å². The number of carbonyl (C=O) groups is 1. The number of aromatic nitrogens is 2. The summed E-state index contributed by atoms with van der Waals surface area (Å²) >= 11 is 0. The van der Waals surface area contributed by atoms with E-state index >= 15 is 0 Å². The van der Waals surface area contributed by atoms with Crippen LogP contribution in [-0.4, -0.2) is 29.3 Å². The quantitative estimate of drug-likeness (QED) is 0.444. The topological polar surface area (TPSA) is 64.1 Å². The molecule has 4 rings (SSSR count). The summed E-state index contributed by atoms with van der Waals surface area (Å²) in [5.41, 5.74) is 4.14. The first-order valence-corrected chi connectivity index (χ1v) is 9.85. The number of benzene rings is 3. The summed E-state index contributed by atoms with van der Waals surface area (Å²) in [5, 5.41) is 10.9. The molecule has 3 aromatic carbocycles. The van der Waals surface area contributed by atoms with Gasteiger partial charge in [0.05, 0.1) is 12.2 Å². The summed E-state index contributed by atoms with van der Waals surface area (Å²) in [7, 11) is 0. The normalized spacial score (nSPS) is 10.5. The third kappa shape index (κ3) is 5.30. The highest BCUT2D eigenvalue weighted by atomic mass is 19.1. The van der Waals surface area contributed by atoms with Gasteiger partial charge in [-0.25, -0.2) is 4.39 Å². The Morgan fingerprint density at radius 1 is 0.774 bits per heavy atom. The Hall–Kier alpha value is -4.06. The Morgan fingerprint density at radius 3 is 2.13 bits per heavy atom. The largest absolute Gasteiger partial charge is 0.475 e. The average Bonchev–Trinajstić information content (AvgIpc) is 2.83. The lowest BCUT2D eigenvalue weighted by atomic mass is 10.0. The van der Waals surface area contributed by atoms with Crippen LogP contribution in [0.25, 0.3) is 22.4 Å². The van der Waals surface area contributed by atoms with Crippen LogP contribution in [0.3, 0.4) is 0 Å². The maximum atomic E-state index is 13.0. The average molecular weight is 413 g/mol. The maximum Gasteiger partial charge on any atom is 0.251 e. The number of nitrogens with zero attached hydrogens (tertiary/aromatic N) is 2. The Kier molecular flexibility index (Phi) is 6.28. The fraction of sp³-hybridized carbons (Fsp3) is 0.0800. The van der Waals surface area contributed by atoms with Crippen LogP contribution in [0.1, 0.15) is 10.4 Å². The van der Waals surface area contributed by atoms with Gasteiger partial charge in [-0.1, -0.05) is 42.5 Å². The second-order valence-corrected chi connectivity index (χ2v) is 6.81. The first kappa shape index (κ1) is 20.2. The van der Waals surface area contributed by atoms with Crippen LogP contribution in [0.15, 0.2) is 91.0 Å². The fourth-order valence-electron chi connectivity index (χ4n) is 3.04. The summed E-state index contributed by atoms with van der Waals surface area (Å²) in [6, 6.07) is 26.9. The van der Waals surface area contributed by atoms with Crippen molar-refractivity contribution in [2.45, 2.75) is 0 Å². The Morgan fingerprint density at radius 2 is 1.45 bits per heavy atom. The first-order valence-electron chi connectivity index (χ1n) is 9.85. The molecule has 31 heavy (non-hydrogen) atoms. The zero-order valence-corrected chi connectivity index (χ0v) is 16.7. The van der Waals surface area contributed by atoms with Gasteiger partial charge in [0.15, 0.2) is 0 Å². The van der Waals surface area contributed by atoms with E-state index in [2.05, 4.69) is 15.5 Å². The molecular weight excluding hydrogens is 393 g/mol. The molecule has 0 bridgehead atoms. The number of hydrogen-bond acceptors (Lipinski definition) is 4. The summed E-state index contributed by atoms with van der Waals surface area (Å²) in [4.78, 5) is 12.3. The molecule has 0 fully saturated rings. The van der Waals surface area contributed by atoms with Gasteiger partial charge in [-0.05, 0) is 53.6 Å². The maximum absolute atomic E-state index is 13.0. The number of hydrogen-bond donors (Lipinski definition) is 1. The molecule has 5 nitrogen and oxygen atoms in total. The molecular formula is C25H20FN3O2. The number of ether oxygens (including phenoxy) is 1. The van der Waals surface area contributed by atoms with Crippen molar-refractivity contribution in [3.63, 3.8) is 0 Å². The minimum absolute atomic E-state index is 0.166. The first-order chi connectivity index (χ1) is 15.2. The third-order valence-corrected chi connectivity index (χ3v) is 4.67. The van der Waals surface area contributed by atoms with Crippen molar-refractivity contribution in [3.8, 4) is 28.3 Å². The second-order valence-electron chi connectivity index (χ2n) is 6.81. The summed E-state index contributed by atoms with van der Waals surface area (Å²) < 4.78 is 18.5. The van der Waals surface area contributed by atoms with Crippen molar-refractivity contribution < 1.29 is 13.9 Å². The van der Waals surface area contributed by atoms with E-state index in [1.165, 1.54) is 12.1 Å². The monoisotopic (exact) mass is 413 g/mol. The van der Waals surface area contributed by atoms with Crippen LogP contribution >= 0.6 is 0 Å². The number of nitrogens with one attached hydrogen (secondary N) is 1. The molecule has 0 spiro atoms. The summed E-state index contributed by atoms with van der Waals surface area (Å²) in [6.45, 7) is 0.596. The predicted molar refractivity (Wildman–Crippen MR) is 117 cm³/mol. The van der Waals surface area contributed by atoms with Crippen LogP contribution in [0, 0.1) is 5.82 Å². The SMILES string of the molecule is O=C(NCCOc1ccc(-c2ccc(F)cc2)nn1)c1ccc(-c2ccccc2)cc1. The molecule has 0 aliphatic heterocycles. The van der Waals surface area contributed by atoms with Crippen LogP contribution in [0.4, 0.5) is 4.39 Å². The van der Waals surface area contributed by atoms with Crippen molar-refractivity contribution in [3.05, 3.63) is 102 Å². The van der Waals surface area contributed by atoms with E-state index < -0.39 is 0 Å². The van der Waals surface area contributed by atoms with E-state index in [1.54, 1.807) is 36.4 Å². The molecule has 0 unspecified atom stereocenters. The molecule has 0 saturated heterocycles. The Labute approximate surface area is 179 Å². The molecule has 1 aromatic heterocycles. The van der Waals surface area contributed by atoms with Crippen LogP contribution in [0.2, 0.25) is 0 Å². The van der Waals surface area contributed by atoms with Crippen molar-refractivity contribution in [2.24, 2.45) is 0 Å². The van der Waals surface area contributed by atoms with E-state index in [9.17, 15) is 9.18 Å². The zero-order valence-electron chi connectivity index (χ0n) is 16.7. The molecule has 4 aromatic rings. The van der Waals surface area contributed by atoms with Gasteiger partial charge in [-0.3, -0.25) is 4.79 Å². The van der Waals surface area contributed by atoms with E-state index in [-0.39, 0.29) is 18.3 Å². The van der Waals surface area contributed by atoms with Gasteiger partial charge in [0.1, 0.15) is 12.4 Å². The molecule has 0 aliphatic carbocycles. The highest BCUT2D eigenvalue weighted by molar-refractivity contribution is 5.94. The van der Waals surface area contributed by atoms with E-state index in [0.29, 0.717) is 23.7 Å².